The fraction of sp³-hybridized carbons (Fsp3) is 0.304. The van der Waals surface area contributed by atoms with Crippen LogP contribution in [-0.2, 0) is 6.61 Å². The van der Waals surface area contributed by atoms with E-state index in [9.17, 15) is 0 Å². The van der Waals surface area contributed by atoms with Crippen molar-refractivity contribution in [2.75, 3.05) is 10.6 Å². The van der Waals surface area contributed by atoms with Gasteiger partial charge in [0.2, 0.25) is 0 Å². The zero-order valence-corrected chi connectivity index (χ0v) is 16.2. The molecule has 1 aliphatic carbocycles. The molecule has 0 radical (unpaired) electrons. The molecule has 3 aromatic rings. The molecule has 0 saturated heterocycles. The highest BCUT2D eigenvalue weighted by Gasteiger charge is 2.15. The molecular formula is C23H26N4O. The van der Waals surface area contributed by atoms with Crippen molar-refractivity contribution in [2.24, 2.45) is 0 Å². The van der Waals surface area contributed by atoms with Crippen LogP contribution in [0.4, 0.5) is 17.3 Å². The number of anilines is 3. The molecule has 0 bridgehead atoms. The fourth-order valence-corrected chi connectivity index (χ4v) is 3.51. The molecule has 1 saturated carbocycles. The third kappa shape index (κ3) is 5.00. The number of hydrogen-bond acceptors (Lipinski definition) is 5. The summed E-state index contributed by atoms with van der Waals surface area (Å²) in [6.45, 7) is 2.49. The lowest BCUT2D eigenvalue weighted by molar-refractivity contribution is 0.306. The fourth-order valence-electron chi connectivity index (χ4n) is 3.51. The summed E-state index contributed by atoms with van der Waals surface area (Å²) in [6.07, 6.45) is 5.03. The van der Waals surface area contributed by atoms with Gasteiger partial charge < -0.3 is 15.4 Å². The summed E-state index contributed by atoms with van der Waals surface area (Å²) in [5.74, 6) is 3.29. The van der Waals surface area contributed by atoms with E-state index in [0.717, 1.165) is 34.5 Å². The summed E-state index contributed by atoms with van der Waals surface area (Å²) in [6, 6.07) is 20.6. The first-order valence-electron chi connectivity index (χ1n) is 9.91. The maximum Gasteiger partial charge on any atom is 0.136 e. The van der Waals surface area contributed by atoms with E-state index in [4.69, 9.17) is 4.74 Å². The first-order valence-corrected chi connectivity index (χ1v) is 9.91. The van der Waals surface area contributed by atoms with Crippen molar-refractivity contribution in [1.82, 2.24) is 9.97 Å². The van der Waals surface area contributed by atoms with Gasteiger partial charge in [-0.1, -0.05) is 43.2 Å². The summed E-state index contributed by atoms with van der Waals surface area (Å²) in [5, 5.41) is 6.90. The predicted octanol–water partition coefficient (Wildman–Crippen LogP) is 5.46. The van der Waals surface area contributed by atoms with E-state index in [1.807, 2.05) is 55.5 Å². The van der Waals surface area contributed by atoms with Gasteiger partial charge in [-0.15, -0.1) is 0 Å². The lowest BCUT2D eigenvalue weighted by atomic mass is 10.2. The summed E-state index contributed by atoms with van der Waals surface area (Å²) < 4.78 is 5.85. The molecule has 5 nitrogen and oxygen atoms in total. The van der Waals surface area contributed by atoms with E-state index in [1.54, 1.807) is 0 Å². The van der Waals surface area contributed by atoms with E-state index in [2.05, 4.69) is 32.7 Å². The van der Waals surface area contributed by atoms with Crippen LogP contribution in [0.3, 0.4) is 0 Å². The maximum absolute atomic E-state index is 5.85. The summed E-state index contributed by atoms with van der Waals surface area (Å²) in [5.41, 5.74) is 2.13. The molecule has 0 amide bonds. The first kappa shape index (κ1) is 18.3. The number of hydrogen-bond donors (Lipinski definition) is 2. The van der Waals surface area contributed by atoms with Crippen molar-refractivity contribution in [1.29, 1.82) is 0 Å². The van der Waals surface area contributed by atoms with Crippen LogP contribution in [-0.4, -0.2) is 16.0 Å². The van der Waals surface area contributed by atoms with Gasteiger partial charge in [0.1, 0.15) is 29.8 Å². The van der Waals surface area contributed by atoms with Gasteiger partial charge in [-0.3, -0.25) is 0 Å². The standard InChI is InChI=1S/C23H26N4O/c1-17-24-22(26-19-9-5-6-10-19)15-23(25-17)27-20-11-13-21(14-12-20)28-16-18-7-3-2-4-8-18/h2-4,7-8,11-15,19H,5-6,9-10,16H2,1H3,(H2,24,25,26,27). The lowest BCUT2D eigenvalue weighted by Crippen LogP contribution is -2.16. The molecule has 144 valence electrons. The molecule has 0 atom stereocenters. The normalized spacial score (nSPS) is 14.0. The SMILES string of the molecule is Cc1nc(Nc2ccc(OCc3ccccc3)cc2)cc(NC2CCCC2)n1. The Balaban J connectivity index is 1.37. The lowest BCUT2D eigenvalue weighted by Gasteiger charge is -2.14. The highest BCUT2D eigenvalue weighted by molar-refractivity contribution is 5.60. The van der Waals surface area contributed by atoms with E-state index in [-0.39, 0.29) is 0 Å². The molecule has 5 heteroatoms. The van der Waals surface area contributed by atoms with Gasteiger partial charge in [0.25, 0.3) is 0 Å². The molecule has 28 heavy (non-hydrogen) atoms. The van der Waals surface area contributed by atoms with Crippen molar-refractivity contribution >= 4 is 17.3 Å². The molecule has 0 spiro atoms. The van der Waals surface area contributed by atoms with Crippen molar-refractivity contribution in [3.63, 3.8) is 0 Å². The van der Waals surface area contributed by atoms with Crippen LogP contribution in [0.15, 0.2) is 60.7 Å². The van der Waals surface area contributed by atoms with E-state index < -0.39 is 0 Å². The minimum Gasteiger partial charge on any atom is -0.489 e. The number of ether oxygens (including phenoxy) is 1. The molecule has 0 aliphatic heterocycles. The number of aryl methyl sites for hydroxylation is 1. The monoisotopic (exact) mass is 374 g/mol. The highest BCUT2D eigenvalue weighted by Crippen LogP contribution is 2.24. The first-order chi connectivity index (χ1) is 13.7. The van der Waals surface area contributed by atoms with Gasteiger partial charge in [0, 0.05) is 17.8 Å². The Morgan fingerprint density at radius 2 is 1.64 bits per heavy atom. The number of nitrogens with one attached hydrogen (secondary N) is 2. The number of rotatable bonds is 7. The number of benzene rings is 2. The molecule has 4 rings (SSSR count). The Hall–Kier alpha value is -3.08. The quantitative estimate of drug-likeness (QED) is 0.575. The Morgan fingerprint density at radius 3 is 2.39 bits per heavy atom. The van der Waals surface area contributed by atoms with Gasteiger partial charge >= 0.3 is 0 Å². The summed E-state index contributed by atoms with van der Waals surface area (Å²) >= 11 is 0. The molecule has 1 aromatic heterocycles. The summed E-state index contributed by atoms with van der Waals surface area (Å²) in [4.78, 5) is 9.03. The second kappa shape index (κ2) is 8.74. The van der Waals surface area contributed by atoms with Crippen molar-refractivity contribution in [3.8, 4) is 5.75 Å². The molecule has 1 fully saturated rings. The minimum absolute atomic E-state index is 0.531. The van der Waals surface area contributed by atoms with Gasteiger partial charge in [-0.2, -0.15) is 0 Å². The molecule has 2 N–H and O–H groups in total. The Morgan fingerprint density at radius 1 is 0.929 bits per heavy atom. The van der Waals surface area contributed by atoms with E-state index >= 15 is 0 Å². The maximum atomic E-state index is 5.85. The van der Waals surface area contributed by atoms with Crippen LogP contribution in [0.5, 0.6) is 5.75 Å². The van der Waals surface area contributed by atoms with Gasteiger partial charge in [-0.05, 0) is 49.6 Å². The van der Waals surface area contributed by atoms with Crippen LogP contribution in [0.25, 0.3) is 0 Å². The van der Waals surface area contributed by atoms with Crippen molar-refractivity contribution in [3.05, 3.63) is 72.1 Å². The third-order valence-electron chi connectivity index (χ3n) is 4.92. The van der Waals surface area contributed by atoms with Crippen LogP contribution < -0.4 is 15.4 Å². The average molecular weight is 374 g/mol. The largest absolute Gasteiger partial charge is 0.489 e. The second-order valence-corrected chi connectivity index (χ2v) is 7.24. The van der Waals surface area contributed by atoms with E-state index in [1.165, 1.54) is 25.7 Å². The van der Waals surface area contributed by atoms with Crippen LogP contribution in [0.1, 0.15) is 37.1 Å². The predicted molar refractivity (Wildman–Crippen MR) is 113 cm³/mol. The molecule has 1 heterocycles. The van der Waals surface area contributed by atoms with Crippen LogP contribution in [0, 0.1) is 6.92 Å². The molecule has 1 aliphatic rings. The molecule has 2 aromatic carbocycles. The van der Waals surface area contributed by atoms with E-state index in [0.29, 0.717) is 12.6 Å². The summed E-state index contributed by atoms with van der Waals surface area (Å²) in [7, 11) is 0. The third-order valence-corrected chi connectivity index (χ3v) is 4.92. The number of nitrogens with zero attached hydrogens (tertiary/aromatic N) is 2. The topological polar surface area (TPSA) is 59.1 Å². The van der Waals surface area contributed by atoms with Gasteiger partial charge in [0.15, 0.2) is 0 Å². The highest BCUT2D eigenvalue weighted by atomic mass is 16.5. The zero-order valence-electron chi connectivity index (χ0n) is 16.2. The average Bonchev–Trinajstić information content (AvgIpc) is 3.21. The van der Waals surface area contributed by atoms with Crippen LogP contribution >= 0.6 is 0 Å². The Kier molecular flexibility index (Phi) is 5.71. The molecule has 0 unspecified atom stereocenters. The Bertz CT molecular complexity index is 890. The minimum atomic E-state index is 0.531. The second-order valence-electron chi connectivity index (χ2n) is 7.24. The number of aromatic nitrogens is 2. The van der Waals surface area contributed by atoms with Gasteiger partial charge in [-0.25, -0.2) is 9.97 Å². The van der Waals surface area contributed by atoms with Crippen LogP contribution in [0.2, 0.25) is 0 Å². The van der Waals surface area contributed by atoms with Crippen molar-refractivity contribution < 1.29 is 4.74 Å². The zero-order chi connectivity index (χ0) is 19.2. The van der Waals surface area contributed by atoms with Gasteiger partial charge in [0.05, 0.1) is 0 Å². The molecular weight excluding hydrogens is 348 g/mol. The van der Waals surface area contributed by atoms with Crippen molar-refractivity contribution in [2.45, 2.75) is 45.3 Å². The Labute approximate surface area is 166 Å². The smallest absolute Gasteiger partial charge is 0.136 e.